The van der Waals surface area contributed by atoms with Crippen molar-refractivity contribution in [3.63, 3.8) is 0 Å². The van der Waals surface area contributed by atoms with Crippen molar-refractivity contribution in [3.05, 3.63) is 146 Å². The summed E-state index contributed by atoms with van der Waals surface area (Å²) in [4.78, 5) is 1.32. The first kappa shape index (κ1) is 23.9. The quantitative estimate of drug-likeness (QED) is 0.186. The van der Waals surface area contributed by atoms with Crippen LogP contribution in [0.1, 0.15) is 0 Å². The third-order valence-electron chi connectivity index (χ3n) is 8.46. The Morgan fingerprint density at radius 3 is 1.60 bits per heavy atom. The van der Waals surface area contributed by atoms with Gasteiger partial charge in [0, 0.05) is 35.3 Å². The molecule has 0 radical (unpaired) electrons. The molecule has 2 heterocycles. The lowest BCUT2D eigenvalue weighted by molar-refractivity contribution is 1.67. The fraction of sp³-hybridized carbons (Fsp3) is 0. The van der Waals surface area contributed by atoms with Crippen molar-refractivity contribution in [1.29, 1.82) is 0 Å². The van der Waals surface area contributed by atoms with E-state index in [1.807, 2.05) is 22.7 Å². The summed E-state index contributed by atoms with van der Waals surface area (Å²) in [5, 5.41) is 9.20. The van der Waals surface area contributed by atoms with Crippen LogP contribution in [0, 0.1) is 0 Å². The maximum Gasteiger partial charge on any atom is 0.0434 e. The molecule has 0 aliphatic carbocycles. The summed E-state index contributed by atoms with van der Waals surface area (Å²) in [6.07, 6.45) is 0. The van der Waals surface area contributed by atoms with Gasteiger partial charge in [0.1, 0.15) is 0 Å². The van der Waals surface area contributed by atoms with Gasteiger partial charge in [-0.3, -0.25) is 0 Å². The molecule has 0 amide bonds. The second-order valence-corrected chi connectivity index (χ2v) is 13.0. The zero-order valence-corrected chi connectivity index (χ0v) is 24.3. The standard InChI is InChI=1S/C40H24S2/c1-3-12-25(13-4-1)35-22-27-23-37-34(24-36(27)41-35)32-20-11-21-33(40(32)42-37)39-30-18-9-7-16-28(30)38(26-14-5-2-6-15-26)29-17-8-10-19-31(29)39/h1-24H. The fourth-order valence-electron chi connectivity index (χ4n) is 6.61. The second-order valence-electron chi connectivity index (χ2n) is 10.9. The van der Waals surface area contributed by atoms with E-state index in [2.05, 4.69) is 146 Å². The molecule has 42 heavy (non-hydrogen) atoms. The molecule has 2 heteroatoms. The molecule has 0 atom stereocenters. The predicted octanol–water partition coefficient (Wildman–Crippen LogP) is 12.6. The summed E-state index contributed by atoms with van der Waals surface area (Å²) >= 11 is 3.81. The topological polar surface area (TPSA) is 0 Å². The number of hydrogen-bond acceptors (Lipinski definition) is 2. The van der Waals surface area contributed by atoms with Crippen LogP contribution in [0.15, 0.2) is 146 Å². The molecular weight excluding hydrogens is 545 g/mol. The molecule has 0 bridgehead atoms. The van der Waals surface area contributed by atoms with Gasteiger partial charge in [-0.05, 0) is 67.4 Å². The van der Waals surface area contributed by atoms with Gasteiger partial charge in [0.05, 0.1) is 0 Å². The molecule has 9 rings (SSSR count). The van der Waals surface area contributed by atoms with Gasteiger partial charge in [-0.15, -0.1) is 22.7 Å². The van der Waals surface area contributed by atoms with E-state index in [4.69, 9.17) is 0 Å². The van der Waals surface area contributed by atoms with Gasteiger partial charge in [0.25, 0.3) is 0 Å². The number of benzene rings is 7. The van der Waals surface area contributed by atoms with Gasteiger partial charge in [0.2, 0.25) is 0 Å². The van der Waals surface area contributed by atoms with Crippen LogP contribution >= 0.6 is 22.7 Å². The number of hydrogen-bond donors (Lipinski definition) is 0. The summed E-state index contributed by atoms with van der Waals surface area (Å²) in [5.74, 6) is 0. The maximum atomic E-state index is 2.42. The van der Waals surface area contributed by atoms with Crippen molar-refractivity contribution in [2.45, 2.75) is 0 Å². The first-order chi connectivity index (χ1) is 20.8. The minimum atomic E-state index is 1.26. The highest BCUT2D eigenvalue weighted by Crippen LogP contribution is 2.48. The molecular formula is C40H24S2. The normalized spacial score (nSPS) is 11.8. The molecule has 2 aromatic heterocycles. The average molecular weight is 569 g/mol. The Balaban J connectivity index is 1.34. The first-order valence-electron chi connectivity index (χ1n) is 14.3. The molecule has 0 nitrogen and oxygen atoms in total. The summed E-state index contributed by atoms with van der Waals surface area (Å²) in [6, 6.07) is 53.5. The van der Waals surface area contributed by atoms with E-state index in [1.54, 1.807) is 0 Å². The van der Waals surface area contributed by atoms with E-state index in [0.29, 0.717) is 0 Å². The Labute approximate surface area is 251 Å². The summed E-state index contributed by atoms with van der Waals surface area (Å²) in [5.41, 5.74) is 6.49. The molecule has 0 aliphatic heterocycles. The van der Waals surface area contributed by atoms with Gasteiger partial charge in [-0.1, -0.05) is 127 Å². The summed E-state index contributed by atoms with van der Waals surface area (Å²) < 4.78 is 4.04. The van der Waals surface area contributed by atoms with Crippen molar-refractivity contribution in [2.75, 3.05) is 0 Å². The van der Waals surface area contributed by atoms with Crippen molar-refractivity contribution in [1.82, 2.24) is 0 Å². The van der Waals surface area contributed by atoms with Crippen molar-refractivity contribution < 1.29 is 0 Å². The van der Waals surface area contributed by atoms with E-state index >= 15 is 0 Å². The molecule has 0 saturated heterocycles. The Morgan fingerprint density at radius 2 is 0.929 bits per heavy atom. The third-order valence-corrected chi connectivity index (χ3v) is 10.8. The Hall–Kier alpha value is -4.76. The van der Waals surface area contributed by atoms with Crippen molar-refractivity contribution >= 4 is 74.5 Å². The first-order valence-corrected chi connectivity index (χ1v) is 15.9. The highest BCUT2D eigenvalue weighted by atomic mass is 32.1. The molecule has 0 saturated carbocycles. The molecule has 0 aliphatic rings. The van der Waals surface area contributed by atoms with Crippen LogP contribution in [0.5, 0.6) is 0 Å². The van der Waals surface area contributed by atoms with Crippen LogP contribution in [-0.4, -0.2) is 0 Å². The largest absolute Gasteiger partial charge is 0.135 e. The molecule has 0 unspecified atom stereocenters. The average Bonchev–Trinajstić information content (AvgIpc) is 3.64. The molecule has 7 aromatic carbocycles. The lowest BCUT2D eigenvalue weighted by atomic mass is 9.86. The predicted molar refractivity (Wildman–Crippen MR) is 186 cm³/mol. The highest BCUT2D eigenvalue weighted by Gasteiger charge is 2.19. The van der Waals surface area contributed by atoms with Gasteiger partial charge >= 0.3 is 0 Å². The number of thiophene rings is 2. The van der Waals surface area contributed by atoms with Crippen LogP contribution < -0.4 is 0 Å². The minimum absolute atomic E-state index is 1.26. The molecule has 9 aromatic rings. The van der Waals surface area contributed by atoms with E-state index in [0.717, 1.165) is 0 Å². The van der Waals surface area contributed by atoms with Crippen LogP contribution in [0.4, 0.5) is 0 Å². The lowest BCUT2D eigenvalue weighted by Crippen LogP contribution is -1.90. The third kappa shape index (κ3) is 3.59. The van der Waals surface area contributed by atoms with Crippen LogP contribution in [0.3, 0.4) is 0 Å². The van der Waals surface area contributed by atoms with Crippen molar-refractivity contribution in [2.24, 2.45) is 0 Å². The zero-order valence-electron chi connectivity index (χ0n) is 22.7. The van der Waals surface area contributed by atoms with Gasteiger partial charge < -0.3 is 0 Å². The summed E-state index contributed by atoms with van der Waals surface area (Å²) in [7, 11) is 0. The molecule has 0 fully saturated rings. The van der Waals surface area contributed by atoms with Gasteiger partial charge in [-0.2, -0.15) is 0 Å². The van der Waals surface area contributed by atoms with Gasteiger partial charge in [0.15, 0.2) is 0 Å². The number of fused-ring (bicyclic) bond motifs is 6. The molecule has 0 N–H and O–H groups in total. The molecule has 196 valence electrons. The Bertz CT molecular complexity index is 2390. The lowest BCUT2D eigenvalue weighted by Gasteiger charge is -2.18. The fourth-order valence-corrected chi connectivity index (χ4v) is 8.95. The number of rotatable bonds is 3. The van der Waals surface area contributed by atoms with E-state index in [-0.39, 0.29) is 0 Å². The van der Waals surface area contributed by atoms with E-state index in [9.17, 15) is 0 Å². The zero-order chi connectivity index (χ0) is 27.6. The SMILES string of the molecule is c1ccc(-c2cc3cc4sc5c(-c6c7ccccc7c(-c7ccccc7)c7ccccc67)cccc5c4cc3s2)cc1. The summed E-state index contributed by atoms with van der Waals surface area (Å²) in [6.45, 7) is 0. The maximum absolute atomic E-state index is 2.42. The second kappa shape index (κ2) is 9.39. The van der Waals surface area contributed by atoms with Crippen LogP contribution in [-0.2, 0) is 0 Å². The smallest absolute Gasteiger partial charge is 0.0434 e. The van der Waals surface area contributed by atoms with Crippen LogP contribution in [0.25, 0.3) is 84.5 Å². The Morgan fingerprint density at radius 1 is 0.357 bits per heavy atom. The van der Waals surface area contributed by atoms with Gasteiger partial charge in [-0.25, -0.2) is 0 Å². The Kier molecular flexibility index (Phi) is 5.34. The van der Waals surface area contributed by atoms with Crippen molar-refractivity contribution in [3.8, 4) is 32.7 Å². The van der Waals surface area contributed by atoms with E-state index < -0.39 is 0 Å². The minimum Gasteiger partial charge on any atom is -0.135 e. The monoisotopic (exact) mass is 568 g/mol. The highest BCUT2D eigenvalue weighted by molar-refractivity contribution is 7.27. The van der Waals surface area contributed by atoms with Crippen LogP contribution in [0.2, 0.25) is 0 Å². The molecule has 0 spiro atoms. The van der Waals surface area contributed by atoms with E-state index in [1.165, 1.54) is 84.5 Å².